The molecular formula is C42H46FN3O7S. The predicted molar refractivity (Wildman–Crippen MR) is 204 cm³/mol. The first-order chi connectivity index (χ1) is 25.8. The molecule has 0 aromatic heterocycles. The summed E-state index contributed by atoms with van der Waals surface area (Å²) >= 11 is 0. The number of ketones is 1. The van der Waals surface area contributed by atoms with E-state index in [9.17, 15) is 22.8 Å². The highest BCUT2D eigenvalue weighted by Crippen LogP contribution is 2.33. The molecule has 0 saturated carbocycles. The third kappa shape index (κ3) is 9.61. The van der Waals surface area contributed by atoms with Crippen LogP contribution in [0.1, 0.15) is 68.1 Å². The summed E-state index contributed by atoms with van der Waals surface area (Å²) < 4.78 is 55.2. The number of hydrazine groups is 1. The van der Waals surface area contributed by atoms with E-state index in [0.717, 1.165) is 6.42 Å². The Morgan fingerprint density at radius 2 is 1.54 bits per heavy atom. The molecule has 0 spiro atoms. The number of carbonyl (C=O) groups excluding carboxylic acids is 3. The molecule has 284 valence electrons. The van der Waals surface area contributed by atoms with E-state index in [1.165, 1.54) is 30.3 Å². The molecule has 12 heteroatoms. The number of allylic oxidation sites excluding steroid dienone is 1. The summed E-state index contributed by atoms with van der Waals surface area (Å²) in [5.74, 6) is -1.33. The lowest BCUT2D eigenvalue weighted by Gasteiger charge is -2.24. The minimum Gasteiger partial charge on any atom is -0.457 e. The third-order valence-corrected chi connectivity index (χ3v) is 10.2. The molecular weight excluding hydrogens is 710 g/mol. The summed E-state index contributed by atoms with van der Waals surface area (Å²) in [6.45, 7) is 10.2. The first kappa shape index (κ1) is 39.9. The normalized spacial score (nSPS) is 14.4. The number of hydrogen-bond acceptors (Lipinski definition) is 9. The molecule has 10 nitrogen and oxygen atoms in total. The molecule has 1 aliphatic rings. The smallest absolute Gasteiger partial charge is 0.421 e. The lowest BCUT2D eigenvalue weighted by molar-refractivity contribution is -0.140. The van der Waals surface area contributed by atoms with Gasteiger partial charge in [-0.1, -0.05) is 113 Å². The van der Waals surface area contributed by atoms with Gasteiger partial charge in [0, 0.05) is 40.9 Å². The highest BCUT2D eigenvalue weighted by molar-refractivity contribution is 7.90. The van der Waals surface area contributed by atoms with Crippen molar-refractivity contribution in [2.45, 2.75) is 65.0 Å². The molecule has 2 N–H and O–H groups in total. The minimum atomic E-state index is -4.40. The van der Waals surface area contributed by atoms with Crippen LogP contribution in [0.4, 0.5) is 9.18 Å². The van der Waals surface area contributed by atoms with Crippen LogP contribution in [0, 0.1) is 17.7 Å². The van der Waals surface area contributed by atoms with Gasteiger partial charge in [-0.3, -0.25) is 4.79 Å². The van der Waals surface area contributed by atoms with Crippen molar-refractivity contribution in [2.75, 3.05) is 13.2 Å². The molecule has 4 aromatic carbocycles. The molecule has 0 radical (unpaired) electrons. The van der Waals surface area contributed by atoms with E-state index in [0.29, 0.717) is 40.1 Å². The van der Waals surface area contributed by atoms with E-state index in [1.807, 2.05) is 50.4 Å². The van der Waals surface area contributed by atoms with Crippen molar-refractivity contribution in [3.63, 3.8) is 0 Å². The van der Waals surface area contributed by atoms with Crippen LogP contribution >= 0.6 is 0 Å². The van der Waals surface area contributed by atoms with Gasteiger partial charge < -0.3 is 14.5 Å². The number of nitrogens with one attached hydrogen (secondary N) is 2. The van der Waals surface area contributed by atoms with Gasteiger partial charge in [0.2, 0.25) is 0 Å². The molecule has 1 atom stereocenters. The van der Waals surface area contributed by atoms with Crippen LogP contribution in [0.15, 0.2) is 113 Å². The fraction of sp³-hybridized carbons (Fsp3) is 0.310. The van der Waals surface area contributed by atoms with Crippen LogP contribution in [-0.4, -0.2) is 50.5 Å². The maximum absolute atomic E-state index is 16.0. The molecule has 4 aromatic rings. The van der Waals surface area contributed by atoms with E-state index >= 15 is 4.39 Å². The van der Waals surface area contributed by atoms with Crippen LogP contribution in [0.2, 0.25) is 0 Å². The molecule has 54 heavy (non-hydrogen) atoms. The molecule has 1 unspecified atom stereocenters. The van der Waals surface area contributed by atoms with Gasteiger partial charge in [0.1, 0.15) is 12.4 Å². The number of esters is 1. The SMILES string of the molecule is CCCN1NC(C(C)C)C(C(=O)OCc2cccc(C(=O)c3ccccc3)c2)=C1Cc1ccc(-c2ccccc2S(=O)(=O)NC(=O)OCC(C)C)c(F)c1. The third-order valence-electron chi connectivity index (χ3n) is 8.81. The summed E-state index contributed by atoms with van der Waals surface area (Å²) in [5, 5.41) is 1.91. The topological polar surface area (TPSA) is 131 Å². The second-order valence-corrected chi connectivity index (χ2v) is 15.6. The van der Waals surface area contributed by atoms with Gasteiger partial charge in [-0.05, 0) is 47.6 Å². The van der Waals surface area contributed by atoms with E-state index in [2.05, 4.69) is 5.43 Å². The van der Waals surface area contributed by atoms with Crippen LogP contribution in [0.3, 0.4) is 0 Å². The van der Waals surface area contributed by atoms with Crippen molar-refractivity contribution in [2.24, 2.45) is 11.8 Å². The Labute approximate surface area is 316 Å². The molecule has 0 saturated heterocycles. The zero-order valence-electron chi connectivity index (χ0n) is 31.1. The van der Waals surface area contributed by atoms with Crippen molar-refractivity contribution in [1.29, 1.82) is 0 Å². The molecule has 5 rings (SSSR count). The summed E-state index contributed by atoms with van der Waals surface area (Å²) in [7, 11) is -4.40. The average molecular weight is 756 g/mol. The lowest BCUT2D eigenvalue weighted by Crippen LogP contribution is -2.41. The van der Waals surface area contributed by atoms with Gasteiger partial charge in [0.15, 0.2) is 5.78 Å². The first-order valence-electron chi connectivity index (χ1n) is 18.0. The van der Waals surface area contributed by atoms with E-state index in [4.69, 9.17) is 9.47 Å². The molecule has 0 aliphatic carbocycles. The second kappa shape index (κ2) is 17.7. The van der Waals surface area contributed by atoms with E-state index in [-0.39, 0.29) is 59.3 Å². The van der Waals surface area contributed by atoms with Crippen LogP contribution in [-0.2, 0) is 37.3 Å². The Morgan fingerprint density at radius 1 is 0.833 bits per heavy atom. The Bertz CT molecular complexity index is 2130. The number of sulfonamides is 1. The van der Waals surface area contributed by atoms with Gasteiger partial charge in [-0.2, -0.15) is 0 Å². The number of carbonyl (C=O) groups is 3. The van der Waals surface area contributed by atoms with Gasteiger partial charge in [0.05, 0.1) is 23.1 Å². The predicted octanol–water partition coefficient (Wildman–Crippen LogP) is 7.59. The highest BCUT2D eigenvalue weighted by Gasteiger charge is 2.38. The highest BCUT2D eigenvalue weighted by atomic mass is 32.2. The van der Waals surface area contributed by atoms with Crippen molar-refractivity contribution in [3.05, 3.63) is 136 Å². The number of hydrogen-bond donors (Lipinski definition) is 2. The standard InChI is InChI=1S/C42H46FN3O7S/c1-6-21-46-36(24-29-19-20-33(35(43)23-29)34-17-10-11-18-37(34)54(50,51)45-42(49)53-25-27(2)3)38(39(44-46)28(4)5)41(48)52-26-30-13-12-16-32(22-30)40(47)31-14-8-7-9-15-31/h7-20,22-23,27-28,39,44H,6,21,24-26H2,1-5H3,(H,45,49). The van der Waals surface area contributed by atoms with E-state index in [1.54, 1.807) is 60.7 Å². The summed E-state index contributed by atoms with van der Waals surface area (Å²) in [6.07, 6.45) is -0.170. The van der Waals surface area contributed by atoms with Crippen LogP contribution in [0.5, 0.6) is 0 Å². The van der Waals surface area contributed by atoms with Crippen LogP contribution < -0.4 is 10.1 Å². The van der Waals surface area contributed by atoms with Gasteiger partial charge in [-0.25, -0.2) is 32.5 Å². The number of ether oxygens (including phenoxy) is 2. The fourth-order valence-electron chi connectivity index (χ4n) is 6.20. The monoisotopic (exact) mass is 755 g/mol. The summed E-state index contributed by atoms with van der Waals surface area (Å²) in [5.41, 5.74) is 6.87. The number of halogens is 1. The zero-order valence-corrected chi connectivity index (χ0v) is 31.9. The molecule has 1 aliphatic heterocycles. The number of rotatable bonds is 15. The van der Waals surface area contributed by atoms with E-state index < -0.39 is 27.9 Å². The molecule has 0 bridgehead atoms. The second-order valence-electron chi connectivity index (χ2n) is 13.9. The van der Waals surface area contributed by atoms with Gasteiger partial charge in [-0.15, -0.1) is 0 Å². The van der Waals surface area contributed by atoms with Gasteiger partial charge >= 0.3 is 12.1 Å². The largest absolute Gasteiger partial charge is 0.457 e. The quantitative estimate of drug-likeness (QED) is 0.0931. The Hall–Kier alpha value is -5.33. The maximum atomic E-state index is 16.0. The fourth-order valence-corrected chi connectivity index (χ4v) is 7.32. The first-order valence-corrected chi connectivity index (χ1v) is 19.5. The average Bonchev–Trinajstić information content (AvgIpc) is 3.51. The Morgan fingerprint density at radius 3 is 2.22 bits per heavy atom. The molecule has 1 heterocycles. The number of benzene rings is 4. The number of nitrogens with zero attached hydrogens (tertiary/aromatic N) is 1. The Kier molecular flexibility index (Phi) is 13.0. The Balaban J connectivity index is 1.41. The summed E-state index contributed by atoms with van der Waals surface area (Å²) in [6, 6.07) is 25.9. The van der Waals surface area contributed by atoms with Crippen molar-refractivity contribution in [3.8, 4) is 11.1 Å². The molecule has 0 fully saturated rings. The zero-order chi connectivity index (χ0) is 39.0. The maximum Gasteiger partial charge on any atom is 0.421 e. The van der Waals surface area contributed by atoms with Crippen LogP contribution in [0.25, 0.3) is 11.1 Å². The van der Waals surface area contributed by atoms with Crippen molar-refractivity contribution < 1.29 is 36.7 Å². The molecule has 1 amide bonds. The van der Waals surface area contributed by atoms with Crippen molar-refractivity contribution >= 4 is 27.9 Å². The van der Waals surface area contributed by atoms with Crippen molar-refractivity contribution in [1.82, 2.24) is 15.2 Å². The summed E-state index contributed by atoms with van der Waals surface area (Å²) in [4.78, 5) is 38.9. The number of amides is 1. The minimum absolute atomic E-state index is 0.00223. The lowest BCUT2D eigenvalue weighted by atomic mass is 9.94. The van der Waals surface area contributed by atoms with Gasteiger partial charge in [0.25, 0.3) is 10.0 Å².